The van der Waals surface area contributed by atoms with Gasteiger partial charge in [-0.25, -0.2) is 4.79 Å². The molecule has 1 saturated heterocycles. The van der Waals surface area contributed by atoms with Gasteiger partial charge in [0.15, 0.2) is 0 Å². The van der Waals surface area contributed by atoms with Gasteiger partial charge in [-0.15, -0.1) is 0 Å². The number of ether oxygens (including phenoxy) is 2. The molecule has 1 fully saturated rings. The summed E-state index contributed by atoms with van der Waals surface area (Å²) in [5, 5.41) is 2.87. The summed E-state index contributed by atoms with van der Waals surface area (Å²) >= 11 is 0. The second-order valence-electron chi connectivity index (χ2n) is 6.69. The summed E-state index contributed by atoms with van der Waals surface area (Å²) in [5.41, 5.74) is 0.316. The van der Waals surface area contributed by atoms with E-state index >= 15 is 0 Å². The lowest BCUT2D eigenvalue weighted by Crippen LogP contribution is -2.46. The van der Waals surface area contributed by atoms with Gasteiger partial charge in [-0.2, -0.15) is 0 Å². The summed E-state index contributed by atoms with van der Waals surface area (Å²) in [6.45, 7) is 6.74. The van der Waals surface area contributed by atoms with Gasteiger partial charge in [0.1, 0.15) is 18.0 Å². The first-order chi connectivity index (χ1) is 11.2. The summed E-state index contributed by atoms with van der Waals surface area (Å²) in [6.07, 6.45) is 0. The van der Waals surface area contributed by atoms with Gasteiger partial charge in [0.05, 0.1) is 19.9 Å². The van der Waals surface area contributed by atoms with E-state index in [1.807, 2.05) is 20.8 Å². The highest BCUT2D eigenvalue weighted by Gasteiger charge is 2.33. The van der Waals surface area contributed by atoms with Crippen LogP contribution in [0.4, 0.5) is 10.5 Å². The summed E-state index contributed by atoms with van der Waals surface area (Å²) < 4.78 is 10.6. The van der Waals surface area contributed by atoms with Crippen molar-refractivity contribution in [1.82, 2.24) is 10.2 Å². The van der Waals surface area contributed by atoms with Gasteiger partial charge in [0, 0.05) is 24.7 Å². The Morgan fingerprint density at radius 1 is 1.21 bits per heavy atom. The number of amides is 3. The fourth-order valence-electron chi connectivity index (χ4n) is 2.59. The van der Waals surface area contributed by atoms with E-state index < -0.39 is 0 Å². The molecule has 2 rings (SSSR count). The standard InChI is InChI=1S/C17H25N3O4/c1-17(2,3)18-15(21)11-19-8-9-20(16(19)22)13-10-12(23-4)6-7-14(13)24-5/h6-7,10H,8-9,11H2,1-5H3,(H,18,21). The Labute approximate surface area is 142 Å². The smallest absolute Gasteiger partial charge is 0.325 e. The van der Waals surface area contributed by atoms with Crippen molar-refractivity contribution in [2.24, 2.45) is 0 Å². The number of hydrogen-bond acceptors (Lipinski definition) is 4. The van der Waals surface area contributed by atoms with Gasteiger partial charge < -0.3 is 19.7 Å². The van der Waals surface area contributed by atoms with Crippen LogP contribution in [0.1, 0.15) is 20.8 Å². The number of urea groups is 1. The molecule has 0 saturated carbocycles. The minimum absolute atomic E-state index is 0.0406. The molecule has 0 aliphatic carbocycles. The third kappa shape index (κ3) is 4.10. The predicted molar refractivity (Wildman–Crippen MR) is 91.8 cm³/mol. The van der Waals surface area contributed by atoms with Crippen LogP contribution in [0.2, 0.25) is 0 Å². The predicted octanol–water partition coefficient (Wildman–Crippen LogP) is 1.86. The monoisotopic (exact) mass is 335 g/mol. The molecule has 1 heterocycles. The number of nitrogens with zero attached hydrogens (tertiary/aromatic N) is 2. The number of hydrogen-bond donors (Lipinski definition) is 1. The molecule has 1 aromatic carbocycles. The molecule has 24 heavy (non-hydrogen) atoms. The van der Waals surface area contributed by atoms with E-state index in [2.05, 4.69) is 5.32 Å². The average molecular weight is 335 g/mol. The van der Waals surface area contributed by atoms with Gasteiger partial charge in [-0.05, 0) is 32.9 Å². The maximum absolute atomic E-state index is 12.7. The van der Waals surface area contributed by atoms with Crippen LogP contribution in [0.15, 0.2) is 18.2 Å². The molecule has 0 spiro atoms. The molecule has 3 amide bonds. The third-order valence-electron chi connectivity index (χ3n) is 3.62. The summed E-state index contributed by atoms with van der Waals surface area (Å²) in [4.78, 5) is 27.8. The first-order valence-electron chi connectivity index (χ1n) is 7.84. The normalized spacial score (nSPS) is 14.8. The molecule has 0 aromatic heterocycles. The molecule has 1 N–H and O–H groups in total. The Morgan fingerprint density at radius 3 is 2.50 bits per heavy atom. The van der Waals surface area contributed by atoms with E-state index in [9.17, 15) is 9.59 Å². The average Bonchev–Trinajstić information content (AvgIpc) is 2.85. The van der Waals surface area contributed by atoms with Gasteiger partial charge in [0.25, 0.3) is 0 Å². The van der Waals surface area contributed by atoms with Crippen molar-refractivity contribution in [3.63, 3.8) is 0 Å². The van der Waals surface area contributed by atoms with E-state index in [-0.39, 0.29) is 24.0 Å². The van der Waals surface area contributed by atoms with E-state index in [4.69, 9.17) is 9.47 Å². The largest absolute Gasteiger partial charge is 0.497 e. The van der Waals surface area contributed by atoms with Crippen LogP contribution in [0.5, 0.6) is 11.5 Å². The van der Waals surface area contributed by atoms with Gasteiger partial charge in [-0.3, -0.25) is 9.69 Å². The zero-order valence-corrected chi connectivity index (χ0v) is 14.9. The van der Waals surface area contributed by atoms with Crippen LogP contribution in [0.3, 0.4) is 0 Å². The van der Waals surface area contributed by atoms with Crippen LogP contribution in [-0.4, -0.2) is 56.2 Å². The SMILES string of the molecule is COc1ccc(OC)c(N2CCN(CC(=O)NC(C)(C)C)C2=O)c1. The maximum atomic E-state index is 12.7. The van der Waals surface area contributed by atoms with Crippen LogP contribution >= 0.6 is 0 Å². The van der Waals surface area contributed by atoms with Crippen molar-refractivity contribution in [2.45, 2.75) is 26.3 Å². The number of nitrogens with one attached hydrogen (secondary N) is 1. The molecular weight excluding hydrogens is 310 g/mol. The van der Waals surface area contributed by atoms with Crippen LogP contribution in [0.25, 0.3) is 0 Å². The van der Waals surface area contributed by atoms with Crippen LogP contribution in [-0.2, 0) is 4.79 Å². The Balaban J connectivity index is 2.13. The summed E-state index contributed by atoms with van der Waals surface area (Å²) in [5.74, 6) is 1.06. The molecule has 132 valence electrons. The number of methoxy groups -OCH3 is 2. The molecule has 7 nitrogen and oxygen atoms in total. The second-order valence-corrected chi connectivity index (χ2v) is 6.69. The fourth-order valence-corrected chi connectivity index (χ4v) is 2.59. The maximum Gasteiger partial charge on any atom is 0.325 e. The van der Waals surface area contributed by atoms with E-state index in [1.165, 1.54) is 4.90 Å². The fraction of sp³-hybridized carbons (Fsp3) is 0.529. The Morgan fingerprint density at radius 2 is 1.92 bits per heavy atom. The highest BCUT2D eigenvalue weighted by molar-refractivity contribution is 5.98. The molecule has 7 heteroatoms. The number of rotatable bonds is 5. The number of anilines is 1. The zero-order valence-electron chi connectivity index (χ0n) is 14.9. The van der Waals surface area contributed by atoms with Gasteiger partial charge >= 0.3 is 6.03 Å². The van der Waals surface area contributed by atoms with Crippen molar-refractivity contribution in [3.05, 3.63) is 18.2 Å². The van der Waals surface area contributed by atoms with E-state index in [1.54, 1.807) is 37.3 Å². The Hall–Kier alpha value is -2.44. The van der Waals surface area contributed by atoms with E-state index in [0.717, 1.165) is 0 Å². The van der Waals surface area contributed by atoms with Crippen molar-refractivity contribution in [2.75, 3.05) is 38.8 Å². The molecule has 0 unspecified atom stereocenters. The highest BCUT2D eigenvalue weighted by Crippen LogP contribution is 2.34. The molecule has 0 atom stereocenters. The molecule has 1 aliphatic heterocycles. The molecule has 1 aliphatic rings. The Kier molecular flexibility index (Phi) is 5.21. The molecule has 1 aromatic rings. The quantitative estimate of drug-likeness (QED) is 0.891. The number of carbonyl (C=O) groups is 2. The second kappa shape index (κ2) is 6.98. The molecular formula is C17H25N3O4. The van der Waals surface area contributed by atoms with Gasteiger partial charge in [-0.1, -0.05) is 0 Å². The number of benzene rings is 1. The van der Waals surface area contributed by atoms with Crippen molar-refractivity contribution >= 4 is 17.6 Å². The van der Waals surface area contributed by atoms with Crippen molar-refractivity contribution < 1.29 is 19.1 Å². The minimum Gasteiger partial charge on any atom is -0.497 e. The molecule has 0 radical (unpaired) electrons. The lowest BCUT2D eigenvalue weighted by Gasteiger charge is -2.24. The molecule has 0 bridgehead atoms. The lowest BCUT2D eigenvalue weighted by atomic mass is 10.1. The first kappa shape index (κ1) is 17.9. The summed E-state index contributed by atoms with van der Waals surface area (Å²) in [7, 11) is 3.13. The first-order valence-corrected chi connectivity index (χ1v) is 7.84. The number of carbonyl (C=O) groups excluding carboxylic acids is 2. The Bertz CT molecular complexity index is 625. The van der Waals surface area contributed by atoms with Crippen LogP contribution < -0.4 is 19.7 Å². The zero-order chi connectivity index (χ0) is 17.9. The summed E-state index contributed by atoms with van der Waals surface area (Å²) in [6, 6.07) is 5.08. The van der Waals surface area contributed by atoms with E-state index in [0.29, 0.717) is 30.3 Å². The lowest BCUT2D eigenvalue weighted by molar-refractivity contribution is -0.122. The third-order valence-corrected chi connectivity index (χ3v) is 3.62. The van der Waals surface area contributed by atoms with Crippen LogP contribution in [0, 0.1) is 0 Å². The minimum atomic E-state index is -0.324. The highest BCUT2D eigenvalue weighted by atomic mass is 16.5. The van der Waals surface area contributed by atoms with Crippen molar-refractivity contribution in [3.8, 4) is 11.5 Å². The van der Waals surface area contributed by atoms with Gasteiger partial charge in [0.2, 0.25) is 5.91 Å². The topological polar surface area (TPSA) is 71.1 Å². The van der Waals surface area contributed by atoms with Crippen molar-refractivity contribution in [1.29, 1.82) is 0 Å².